The highest BCUT2D eigenvalue weighted by Gasteiger charge is 2.18. The molecule has 1 N–H and O–H groups in total. The first-order chi connectivity index (χ1) is 9.58. The summed E-state index contributed by atoms with van der Waals surface area (Å²) in [7, 11) is 3.42. The molecule has 2 heterocycles. The maximum atomic E-state index is 11.9. The second-order valence-electron chi connectivity index (χ2n) is 4.47. The molecule has 8 heteroatoms. The fourth-order valence-electron chi connectivity index (χ4n) is 2.14. The van der Waals surface area contributed by atoms with Gasteiger partial charge in [-0.2, -0.15) is 5.10 Å². The van der Waals surface area contributed by atoms with Gasteiger partial charge < -0.3 is 14.6 Å². The molecule has 0 radical (unpaired) electrons. The molecule has 2 aromatic rings. The highest BCUT2D eigenvalue weighted by atomic mass is 35.5. The van der Waals surface area contributed by atoms with Gasteiger partial charge in [0.2, 0.25) is 5.91 Å². The van der Waals surface area contributed by atoms with Gasteiger partial charge in [0.25, 0.3) is 0 Å². The van der Waals surface area contributed by atoms with E-state index >= 15 is 0 Å². The van der Waals surface area contributed by atoms with Gasteiger partial charge in [-0.05, 0) is 6.92 Å². The molecule has 0 aromatic carbocycles. The Kier molecular flexibility index (Phi) is 4.61. The quantitative estimate of drug-likeness (QED) is 0.625. The van der Waals surface area contributed by atoms with E-state index in [9.17, 15) is 4.79 Å². The van der Waals surface area contributed by atoms with Gasteiger partial charge in [-0.1, -0.05) is 0 Å². The van der Waals surface area contributed by atoms with Crippen molar-refractivity contribution >= 4 is 28.7 Å². The highest BCUT2D eigenvalue weighted by molar-refractivity contribution is 6.16. The molecule has 0 aliphatic carbocycles. The molecule has 0 spiro atoms. The number of nitrogens with zero attached hydrogens (tertiary/aromatic N) is 4. The molecule has 110 valence electrons. The summed E-state index contributed by atoms with van der Waals surface area (Å²) in [5.41, 5.74) is 2.42. The first kappa shape index (κ1) is 14.8. The van der Waals surface area contributed by atoms with Gasteiger partial charge in [-0.15, -0.1) is 11.6 Å². The Bertz CT molecular complexity index is 619. The number of nitrogens with one attached hydrogen (secondary N) is 1. The zero-order valence-corrected chi connectivity index (χ0v) is 12.6. The molecule has 0 atom stereocenters. The Morgan fingerprint density at radius 3 is 2.90 bits per heavy atom. The predicted molar refractivity (Wildman–Crippen MR) is 75.7 cm³/mol. The molecule has 7 nitrogen and oxygen atoms in total. The van der Waals surface area contributed by atoms with E-state index in [0.29, 0.717) is 19.0 Å². The lowest BCUT2D eigenvalue weighted by atomic mass is 10.4. The molecule has 0 unspecified atom stereocenters. The van der Waals surface area contributed by atoms with E-state index < -0.39 is 0 Å². The monoisotopic (exact) mass is 299 g/mol. The van der Waals surface area contributed by atoms with Crippen LogP contribution in [-0.4, -0.2) is 45.5 Å². The number of amides is 1. The molecule has 0 bridgehead atoms. The van der Waals surface area contributed by atoms with E-state index in [-0.39, 0.29) is 18.3 Å². The fourth-order valence-corrected chi connectivity index (χ4v) is 2.34. The molecule has 0 saturated heterocycles. The van der Waals surface area contributed by atoms with Crippen molar-refractivity contribution in [3.8, 4) is 0 Å². The maximum absolute atomic E-state index is 11.9. The largest absolute Gasteiger partial charge is 0.383 e. The van der Waals surface area contributed by atoms with Crippen LogP contribution in [0.15, 0.2) is 0 Å². The van der Waals surface area contributed by atoms with Gasteiger partial charge in [0, 0.05) is 20.7 Å². The van der Waals surface area contributed by atoms with E-state index in [1.807, 2.05) is 14.0 Å². The molecule has 0 aliphatic heterocycles. The molecule has 0 fully saturated rings. The molecular weight excluding hydrogens is 282 g/mol. The standard InChI is InChI=1S/C12H18ClN5O2/c1-8-11-12(17(2)16-8)18(9(6-13)15-11)7-10(19)14-4-5-20-3/h4-7H2,1-3H3,(H,14,19). The lowest BCUT2D eigenvalue weighted by molar-refractivity contribution is -0.121. The molecule has 20 heavy (non-hydrogen) atoms. The number of methoxy groups -OCH3 is 1. The third-order valence-electron chi connectivity index (χ3n) is 3.02. The van der Waals surface area contributed by atoms with Crippen LogP contribution in [0.3, 0.4) is 0 Å². The van der Waals surface area contributed by atoms with Crippen LogP contribution in [0.25, 0.3) is 11.2 Å². The molecule has 2 rings (SSSR count). The number of carbonyl (C=O) groups is 1. The number of imidazole rings is 1. The van der Waals surface area contributed by atoms with E-state index in [4.69, 9.17) is 16.3 Å². The van der Waals surface area contributed by atoms with Gasteiger partial charge in [-0.3, -0.25) is 9.48 Å². The van der Waals surface area contributed by atoms with E-state index in [1.54, 1.807) is 16.4 Å². The summed E-state index contributed by atoms with van der Waals surface area (Å²) >= 11 is 5.91. The normalized spacial score (nSPS) is 11.2. The number of hydrogen-bond donors (Lipinski definition) is 1. The number of alkyl halides is 1. The summed E-state index contributed by atoms with van der Waals surface area (Å²) in [5.74, 6) is 0.811. The Morgan fingerprint density at radius 1 is 1.50 bits per heavy atom. The van der Waals surface area contributed by atoms with E-state index in [2.05, 4.69) is 15.4 Å². The van der Waals surface area contributed by atoms with Gasteiger partial charge in [0.1, 0.15) is 17.9 Å². The van der Waals surface area contributed by atoms with Crippen molar-refractivity contribution in [3.05, 3.63) is 11.5 Å². The Morgan fingerprint density at radius 2 is 2.25 bits per heavy atom. The Balaban J connectivity index is 2.25. The number of aryl methyl sites for hydroxylation is 2. The summed E-state index contributed by atoms with van der Waals surface area (Å²) in [6, 6.07) is 0. The van der Waals surface area contributed by atoms with E-state index in [1.165, 1.54) is 0 Å². The van der Waals surface area contributed by atoms with E-state index in [0.717, 1.165) is 16.9 Å². The minimum Gasteiger partial charge on any atom is -0.383 e. The van der Waals surface area contributed by atoms with Crippen molar-refractivity contribution in [3.63, 3.8) is 0 Å². The minimum absolute atomic E-state index is 0.105. The summed E-state index contributed by atoms with van der Waals surface area (Å²) in [6.45, 7) is 3.02. The highest BCUT2D eigenvalue weighted by Crippen LogP contribution is 2.19. The van der Waals surface area contributed by atoms with Crippen LogP contribution < -0.4 is 5.32 Å². The molecule has 0 aliphatic rings. The number of ether oxygens (including phenoxy) is 1. The second-order valence-corrected chi connectivity index (χ2v) is 4.74. The SMILES string of the molecule is COCCNC(=O)Cn1c(CCl)nc2c(C)nn(C)c21. The minimum atomic E-state index is -0.105. The Hall–Kier alpha value is -1.60. The lowest BCUT2D eigenvalue weighted by Gasteiger charge is -2.08. The van der Waals surface area contributed by atoms with Gasteiger partial charge in [-0.25, -0.2) is 4.98 Å². The van der Waals surface area contributed by atoms with Crippen molar-refractivity contribution in [2.75, 3.05) is 20.3 Å². The molecular formula is C12H18ClN5O2. The summed E-state index contributed by atoms with van der Waals surface area (Å²) < 4.78 is 8.41. The van der Waals surface area contributed by atoms with Crippen molar-refractivity contribution in [2.24, 2.45) is 7.05 Å². The van der Waals surface area contributed by atoms with Crippen LogP contribution >= 0.6 is 11.6 Å². The number of fused-ring (bicyclic) bond motifs is 1. The van der Waals surface area contributed by atoms with Gasteiger partial charge in [0.15, 0.2) is 5.65 Å². The van der Waals surface area contributed by atoms with Crippen LogP contribution in [0.1, 0.15) is 11.5 Å². The number of halogens is 1. The zero-order chi connectivity index (χ0) is 14.7. The number of hydrogen-bond acceptors (Lipinski definition) is 4. The lowest BCUT2D eigenvalue weighted by Crippen LogP contribution is -2.31. The topological polar surface area (TPSA) is 74.0 Å². The van der Waals surface area contributed by atoms with Crippen molar-refractivity contribution in [1.29, 1.82) is 0 Å². The predicted octanol–water partition coefficient (Wildman–Crippen LogP) is 0.580. The van der Waals surface area contributed by atoms with Crippen LogP contribution in [0.5, 0.6) is 0 Å². The van der Waals surface area contributed by atoms with Crippen LogP contribution in [0, 0.1) is 6.92 Å². The number of aromatic nitrogens is 4. The smallest absolute Gasteiger partial charge is 0.240 e. The van der Waals surface area contributed by atoms with Crippen molar-refractivity contribution < 1.29 is 9.53 Å². The van der Waals surface area contributed by atoms with Gasteiger partial charge in [0.05, 0.1) is 18.2 Å². The first-order valence-electron chi connectivity index (χ1n) is 6.28. The summed E-state index contributed by atoms with van der Waals surface area (Å²) in [4.78, 5) is 16.4. The average molecular weight is 300 g/mol. The average Bonchev–Trinajstić information content (AvgIpc) is 2.89. The molecule has 2 aromatic heterocycles. The second kappa shape index (κ2) is 6.23. The fraction of sp³-hybridized carbons (Fsp3) is 0.583. The third-order valence-corrected chi connectivity index (χ3v) is 3.26. The first-order valence-corrected chi connectivity index (χ1v) is 6.82. The van der Waals surface area contributed by atoms with Crippen LogP contribution in [0.2, 0.25) is 0 Å². The maximum Gasteiger partial charge on any atom is 0.240 e. The Labute approximate surface area is 121 Å². The molecule has 1 amide bonds. The molecule has 0 saturated carbocycles. The van der Waals surface area contributed by atoms with Gasteiger partial charge >= 0.3 is 0 Å². The van der Waals surface area contributed by atoms with Crippen molar-refractivity contribution in [2.45, 2.75) is 19.3 Å². The summed E-state index contributed by atoms with van der Waals surface area (Å²) in [5, 5.41) is 7.09. The van der Waals surface area contributed by atoms with Crippen molar-refractivity contribution in [1.82, 2.24) is 24.6 Å². The third kappa shape index (κ3) is 2.78. The van der Waals surface area contributed by atoms with Crippen LogP contribution in [0.4, 0.5) is 0 Å². The van der Waals surface area contributed by atoms with Crippen LogP contribution in [-0.2, 0) is 29.0 Å². The summed E-state index contributed by atoms with van der Waals surface area (Å²) in [6.07, 6.45) is 0. The zero-order valence-electron chi connectivity index (χ0n) is 11.8. The number of carbonyl (C=O) groups excluding carboxylic acids is 1. The number of rotatable bonds is 6.